The second-order valence-corrected chi connectivity index (χ2v) is 5.15. The molecule has 2 unspecified atom stereocenters. The second-order valence-electron chi connectivity index (χ2n) is 5.15. The van der Waals surface area contributed by atoms with Gasteiger partial charge in [0.1, 0.15) is 12.2 Å². The number of rotatable bonds is 3. The van der Waals surface area contributed by atoms with Crippen LogP contribution in [0.15, 0.2) is 6.33 Å². The summed E-state index contributed by atoms with van der Waals surface area (Å²) in [5, 5.41) is 6.41. The molecule has 2 heterocycles. The molecule has 0 bridgehead atoms. The fraction of sp³-hybridized carbons (Fsp3) is 0.667. The summed E-state index contributed by atoms with van der Waals surface area (Å²) in [5.41, 5.74) is 0. The van der Waals surface area contributed by atoms with Gasteiger partial charge in [0.2, 0.25) is 11.8 Å². The number of H-pyrrole nitrogens is 1. The van der Waals surface area contributed by atoms with E-state index in [1.807, 2.05) is 0 Å². The molecule has 2 fully saturated rings. The van der Waals surface area contributed by atoms with Crippen LogP contribution in [0.5, 0.6) is 0 Å². The van der Waals surface area contributed by atoms with Gasteiger partial charge in [-0.05, 0) is 18.8 Å². The third kappa shape index (κ3) is 1.63. The molecular formula is C12H16N4O2. The lowest BCUT2D eigenvalue weighted by molar-refractivity contribution is -0.141. The summed E-state index contributed by atoms with van der Waals surface area (Å²) >= 11 is 0. The van der Waals surface area contributed by atoms with Crippen LogP contribution in [0, 0.1) is 17.8 Å². The highest BCUT2D eigenvalue weighted by Gasteiger charge is 2.52. The Morgan fingerprint density at radius 1 is 1.33 bits per heavy atom. The summed E-state index contributed by atoms with van der Waals surface area (Å²) in [6.45, 7) is 2.34. The van der Waals surface area contributed by atoms with Crippen LogP contribution in [0.1, 0.15) is 32.0 Å². The molecule has 96 valence electrons. The molecule has 6 heteroatoms. The van der Waals surface area contributed by atoms with Crippen molar-refractivity contribution in [2.75, 3.05) is 0 Å². The largest absolute Gasteiger partial charge is 0.274 e. The molecule has 3 rings (SSSR count). The number of carbonyl (C=O) groups is 2. The van der Waals surface area contributed by atoms with E-state index >= 15 is 0 Å². The highest BCUT2D eigenvalue weighted by Crippen LogP contribution is 2.44. The van der Waals surface area contributed by atoms with E-state index in [1.54, 1.807) is 0 Å². The first-order chi connectivity index (χ1) is 8.70. The second kappa shape index (κ2) is 4.19. The van der Waals surface area contributed by atoms with Crippen molar-refractivity contribution >= 4 is 11.8 Å². The highest BCUT2D eigenvalue weighted by atomic mass is 16.2. The zero-order chi connectivity index (χ0) is 12.7. The number of aromatic nitrogens is 3. The van der Waals surface area contributed by atoms with Gasteiger partial charge in [0.25, 0.3) is 0 Å². The molecule has 1 N–H and O–H groups in total. The number of amides is 2. The van der Waals surface area contributed by atoms with Gasteiger partial charge in [-0.1, -0.05) is 13.3 Å². The summed E-state index contributed by atoms with van der Waals surface area (Å²) in [5.74, 6) is 0.842. The van der Waals surface area contributed by atoms with Gasteiger partial charge in [0, 0.05) is 0 Å². The number of nitrogens with one attached hydrogen (secondary N) is 1. The molecule has 0 radical (unpaired) electrons. The van der Waals surface area contributed by atoms with Crippen LogP contribution < -0.4 is 0 Å². The molecule has 0 spiro atoms. The SMILES string of the molecule is CCC1CC2C(=O)N(Cc3ncn[nH]3)C(=O)C2C1. The van der Waals surface area contributed by atoms with Crippen molar-refractivity contribution in [2.45, 2.75) is 32.7 Å². The third-order valence-corrected chi connectivity index (χ3v) is 4.18. The fourth-order valence-electron chi connectivity index (χ4n) is 3.14. The van der Waals surface area contributed by atoms with Gasteiger partial charge in [-0.2, -0.15) is 5.10 Å². The minimum atomic E-state index is -0.0922. The molecule has 2 amide bonds. The molecular weight excluding hydrogens is 232 g/mol. The van der Waals surface area contributed by atoms with E-state index in [2.05, 4.69) is 22.1 Å². The Kier molecular flexibility index (Phi) is 2.65. The number of imide groups is 1. The highest BCUT2D eigenvalue weighted by molar-refractivity contribution is 6.05. The van der Waals surface area contributed by atoms with Crippen molar-refractivity contribution in [3.8, 4) is 0 Å². The van der Waals surface area contributed by atoms with Crippen LogP contribution in [-0.4, -0.2) is 31.9 Å². The number of aromatic amines is 1. The van der Waals surface area contributed by atoms with Gasteiger partial charge in [0.05, 0.1) is 18.4 Å². The maximum atomic E-state index is 12.2. The Morgan fingerprint density at radius 3 is 2.50 bits per heavy atom. The molecule has 2 aliphatic rings. The Bertz CT molecular complexity index is 446. The average Bonchev–Trinajstić information content (AvgIpc) is 3.06. The molecule has 1 saturated heterocycles. The number of nitrogens with zero attached hydrogens (tertiary/aromatic N) is 3. The summed E-state index contributed by atoms with van der Waals surface area (Å²) < 4.78 is 0. The van der Waals surface area contributed by atoms with Crippen LogP contribution in [0.2, 0.25) is 0 Å². The van der Waals surface area contributed by atoms with Crippen molar-refractivity contribution < 1.29 is 9.59 Å². The summed E-state index contributed by atoms with van der Waals surface area (Å²) in [6, 6.07) is 0. The molecule has 18 heavy (non-hydrogen) atoms. The smallest absolute Gasteiger partial charge is 0.233 e. The third-order valence-electron chi connectivity index (χ3n) is 4.18. The zero-order valence-corrected chi connectivity index (χ0v) is 10.3. The van der Waals surface area contributed by atoms with Gasteiger partial charge in [-0.25, -0.2) is 4.98 Å². The van der Waals surface area contributed by atoms with Gasteiger partial charge in [0.15, 0.2) is 0 Å². The number of hydrogen-bond acceptors (Lipinski definition) is 4. The van der Waals surface area contributed by atoms with Crippen molar-refractivity contribution in [3.05, 3.63) is 12.2 Å². The van der Waals surface area contributed by atoms with E-state index in [1.165, 1.54) is 11.2 Å². The Labute approximate surface area is 105 Å². The average molecular weight is 248 g/mol. The lowest BCUT2D eigenvalue weighted by Crippen LogP contribution is -2.32. The van der Waals surface area contributed by atoms with E-state index in [4.69, 9.17) is 0 Å². The van der Waals surface area contributed by atoms with E-state index in [9.17, 15) is 9.59 Å². The molecule has 1 aliphatic heterocycles. The van der Waals surface area contributed by atoms with E-state index in [0.717, 1.165) is 19.3 Å². The molecule has 6 nitrogen and oxygen atoms in total. The summed E-state index contributed by atoms with van der Waals surface area (Å²) in [7, 11) is 0. The molecule has 1 saturated carbocycles. The Morgan fingerprint density at radius 2 is 2.00 bits per heavy atom. The van der Waals surface area contributed by atoms with Crippen LogP contribution in [0.25, 0.3) is 0 Å². The van der Waals surface area contributed by atoms with Gasteiger partial charge >= 0.3 is 0 Å². The van der Waals surface area contributed by atoms with Crippen molar-refractivity contribution in [3.63, 3.8) is 0 Å². The predicted octanol–water partition coefficient (Wildman–Crippen LogP) is 0.726. The van der Waals surface area contributed by atoms with E-state index < -0.39 is 0 Å². The quantitative estimate of drug-likeness (QED) is 0.800. The number of fused-ring (bicyclic) bond motifs is 1. The van der Waals surface area contributed by atoms with Crippen LogP contribution in [-0.2, 0) is 16.1 Å². The molecule has 2 atom stereocenters. The standard InChI is InChI=1S/C12H16N4O2/c1-2-7-3-8-9(4-7)12(18)16(11(8)17)5-10-13-6-14-15-10/h6-9H,2-5H2,1H3,(H,13,14,15). The fourth-order valence-corrected chi connectivity index (χ4v) is 3.14. The van der Waals surface area contributed by atoms with Crippen molar-refractivity contribution in [2.24, 2.45) is 17.8 Å². The van der Waals surface area contributed by atoms with Crippen LogP contribution in [0.3, 0.4) is 0 Å². The Hall–Kier alpha value is -1.72. The molecule has 0 aromatic carbocycles. The van der Waals surface area contributed by atoms with Gasteiger partial charge in [-0.3, -0.25) is 19.6 Å². The number of hydrogen-bond donors (Lipinski definition) is 1. The summed E-state index contributed by atoms with van der Waals surface area (Å²) in [6.07, 6.45) is 4.15. The zero-order valence-electron chi connectivity index (χ0n) is 10.3. The van der Waals surface area contributed by atoms with E-state index in [-0.39, 0.29) is 30.2 Å². The maximum Gasteiger partial charge on any atom is 0.233 e. The predicted molar refractivity (Wildman–Crippen MR) is 61.9 cm³/mol. The minimum absolute atomic E-state index is 0.0302. The first-order valence-electron chi connectivity index (χ1n) is 6.40. The monoisotopic (exact) mass is 248 g/mol. The topological polar surface area (TPSA) is 79.0 Å². The minimum Gasteiger partial charge on any atom is -0.274 e. The van der Waals surface area contributed by atoms with E-state index in [0.29, 0.717) is 11.7 Å². The van der Waals surface area contributed by atoms with Crippen LogP contribution in [0.4, 0.5) is 0 Å². The number of carbonyl (C=O) groups excluding carboxylic acids is 2. The lowest BCUT2D eigenvalue weighted by atomic mass is 10.00. The lowest BCUT2D eigenvalue weighted by Gasteiger charge is -2.15. The van der Waals surface area contributed by atoms with Crippen LogP contribution >= 0.6 is 0 Å². The molecule has 1 aromatic heterocycles. The molecule has 1 aromatic rings. The first-order valence-corrected chi connectivity index (χ1v) is 6.40. The van der Waals surface area contributed by atoms with Crippen molar-refractivity contribution in [1.82, 2.24) is 20.1 Å². The normalized spacial score (nSPS) is 31.2. The Balaban J connectivity index is 1.76. The first kappa shape index (κ1) is 11.4. The van der Waals surface area contributed by atoms with Crippen molar-refractivity contribution in [1.29, 1.82) is 0 Å². The molecule has 1 aliphatic carbocycles. The van der Waals surface area contributed by atoms with Gasteiger partial charge < -0.3 is 0 Å². The van der Waals surface area contributed by atoms with Gasteiger partial charge in [-0.15, -0.1) is 0 Å². The maximum absolute atomic E-state index is 12.2. The summed E-state index contributed by atoms with van der Waals surface area (Å²) in [4.78, 5) is 29.8. The number of likely N-dealkylation sites (tertiary alicyclic amines) is 1.